The average Bonchev–Trinajstić information content (AvgIpc) is 2.89. The zero-order chi connectivity index (χ0) is 25.0. The van der Waals surface area contributed by atoms with Crippen LogP contribution >= 0.6 is 22.5 Å². The summed E-state index contributed by atoms with van der Waals surface area (Å²) in [6, 6.07) is 8.80. The second-order valence-corrected chi connectivity index (χ2v) is 10.7. The van der Waals surface area contributed by atoms with Gasteiger partial charge in [-0.2, -0.15) is 4.39 Å². The Morgan fingerprint density at radius 1 is 1.29 bits per heavy atom. The first-order valence-electron chi connectivity index (χ1n) is 10.6. The Labute approximate surface area is 203 Å². The number of carboxylic acid groups (broad SMARTS) is 1. The predicted octanol–water partition coefficient (Wildman–Crippen LogP) is 6.49. The summed E-state index contributed by atoms with van der Waals surface area (Å²) in [7, 11) is -1.85. The third-order valence-electron chi connectivity index (χ3n) is 5.66. The highest BCUT2D eigenvalue weighted by molar-refractivity contribution is 8.22. The Morgan fingerprint density at radius 3 is 2.56 bits per heavy atom. The maximum absolute atomic E-state index is 13.6. The van der Waals surface area contributed by atoms with E-state index in [1.54, 1.807) is 35.8 Å². The Morgan fingerprint density at radius 2 is 1.97 bits per heavy atom. The number of hydrogen-bond donors (Lipinski definition) is 3. The maximum atomic E-state index is 13.6. The molecule has 1 atom stereocenters. The molecule has 0 spiro atoms. The van der Waals surface area contributed by atoms with Crippen LogP contribution < -0.4 is 9.64 Å². The van der Waals surface area contributed by atoms with Crippen LogP contribution in [0.4, 0.5) is 20.2 Å². The first-order chi connectivity index (χ1) is 16.1. The van der Waals surface area contributed by atoms with E-state index >= 15 is 0 Å². The van der Waals surface area contributed by atoms with Gasteiger partial charge in [-0.25, -0.2) is 13.5 Å². The summed E-state index contributed by atoms with van der Waals surface area (Å²) < 4.78 is 56.7. The summed E-state index contributed by atoms with van der Waals surface area (Å²) in [4.78, 5) is 13.4. The van der Waals surface area contributed by atoms with Gasteiger partial charge >= 0.3 is 5.97 Å². The number of hydrogen-bond acceptors (Lipinski definition) is 7. The third kappa shape index (κ3) is 5.49. The number of likely N-dealkylation sites (N-methyl/N-ethyl adjacent to an activating group) is 1. The van der Waals surface area contributed by atoms with Crippen LogP contribution in [0.3, 0.4) is 0 Å². The first kappa shape index (κ1) is 26.3. The highest BCUT2D eigenvalue weighted by Crippen LogP contribution is 2.60. The largest absolute Gasteiger partial charge is 0.476 e. The van der Waals surface area contributed by atoms with Crippen LogP contribution in [0.1, 0.15) is 26.2 Å². The number of carboxylic acids is 1. The number of carbonyl (C=O) groups is 1. The molecule has 0 radical (unpaired) electrons. The number of aliphatic carboxylic acids is 1. The van der Waals surface area contributed by atoms with Crippen molar-refractivity contribution < 1.29 is 32.5 Å². The van der Waals surface area contributed by atoms with E-state index in [0.717, 1.165) is 12.8 Å². The van der Waals surface area contributed by atoms with E-state index in [1.807, 2.05) is 4.90 Å². The number of rotatable bonds is 8. The van der Waals surface area contributed by atoms with Gasteiger partial charge in [-0.1, -0.05) is 19.8 Å². The number of unbranched alkanes of at least 4 members (excludes halogenated alkanes) is 1. The van der Waals surface area contributed by atoms with Gasteiger partial charge in [0.05, 0.1) is 10.6 Å². The van der Waals surface area contributed by atoms with Gasteiger partial charge in [0, 0.05) is 31.4 Å². The van der Waals surface area contributed by atoms with E-state index in [-0.39, 0.29) is 22.5 Å². The molecule has 0 fully saturated rings. The van der Waals surface area contributed by atoms with Crippen LogP contribution in [0.15, 0.2) is 58.3 Å². The van der Waals surface area contributed by atoms with Crippen molar-refractivity contribution in [1.82, 2.24) is 4.31 Å². The standard InChI is InChI=1S/C23H28F2N2O5S2/c1-4-5-6-17-13-27(16-9-7-15(24)8-10-16)19-11-21(33-3)20(32-14-18(25)23(28)29)12-22(19)34(30,31)26(17)2/h7-12,14,17,30-31H,4-6,13H2,1-3H3,(H,28,29)/b18-14-. The Kier molecular flexibility index (Phi) is 8.47. The van der Waals surface area contributed by atoms with Crippen molar-refractivity contribution in [3.05, 3.63) is 54.3 Å². The zero-order valence-electron chi connectivity index (χ0n) is 19.1. The molecule has 3 rings (SSSR count). The fraction of sp³-hybridized carbons (Fsp3) is 0.348. The second kappa shape index (κ2) is 11.0. The minimum atomic E-state index is -3.49. The van der Waals surface area contributed by atoms with Gasteiger partial charge in [0.2, 0.25) is 5.83 Å². The molecular formula is C23H28F2N2O5S2. The Balaban J connectivity index is 2.20. The third-order valence-corrected chi connectivity index (χ3v) is 8.44. The van der Waals surface area contributed by atoms with E-state index in [9.17, 15) is 22.7 Å². The maximum Gasteiger partial charge on any atom is 0.368 e. The number of nitrogens with zero attached hydrogens (tertiary/aromatic N) is 2. The molecular weight excluding hydrogens is 486 g/mol. The van der Waals surface area contributed by atoms with E-state index in [4.69, 9.17) is 9.84 Å². The van der Waals surface area contributed by atoms with Crippen molar-refractivity contribution in [3.8, 4) is 5.75 Å². The minimum Gasteiger partial charge on any atom is -0.476 e. The van der Waals surface area contributed by atoms with E-state index in [0.29, 0.717) is 35.5 Å². The molecule has 186 valence electrons. The Hall–Kier alpha value is -2.31. The van der Waals surface area contributed by atoms with E-state index in [1.165, 1.54) is 30.0 Å². The summed E-state index contributed by atoms with van der Waals surface area (Å²) in [5, 5.41) is 8.77. The normalized spacial score (nSPS) is 19.3. The number of fused-ring (bicyclic) bond motifs is 1. The van der Waals surface area contributed by atoms with Crippen LogP contribution in [-0.4, -0.2) is 50.4 Å². The predicted molar refractivity (Wildman–Crippen MR) is 131 cm³/mol. The monoisotopic (exact) mass is 514 g/mol. The molecule has 0 aromatic heterocycles. The topological polar surface area (TPSA) is 93.5 Å². The summed E-state index contributed by atoms with van der Waals surface area (Å²) in [5.74, 6) is -3.56. The average molecular weight is 515 g/mol. The lowest BCUT2D eigenvalue weighted by Gasteiger charge is -2.43. The molecule has 1 heterocycles. The number of ether oxygens (including phenoxy) is 1. The lowest BCUT2D eigenvalue weighted by molar-refractivity contribution is -0.134. The first-order valence-corrected chi connectivity index (χ1v) is 13.3. The molecule has 0 amide bonds. The van der Waals surface area contributed by atoms with Crippen LogP contribution in [0.2, 0.25) is 0 Å². The van der Waals surface area contributed by atoms with Crippen molar-refractivity contribution in [2.75, 3.05) is 24.7 Å². The highest BCUT2D eigenvalue weighted by Gasteiger charge is 2.38. The lowest BCUT2D eigenvalue weighted by Crippen LogP contribution is -2.39. The molecule has 2 aromatic rings. The molecule has 0 saturated heterocycles. The van der Waals surface area contributed by atoms with Crippen LogP contribution in [0.5, 0.6) is 5.75 Å². The zero-order valence-corrected chi connectivity index (χ0v) is 20.7. The molecule has 34 heavy (non-hydrogen) atoms. The number of anilines is 2. The van der Waals surface area contributed by atoms with Crippen molar-refractivity contribution >= 4 is 39.9 Å². The van der Waals surface area contributed by atoms with Crippen molar-refractivity contribution in [3.63, 3.8) is 0 Å². The van der Waals surface area contributed by atoms with Gasteiger partial charge < -0.3 is 14.7 Å². The molecule has 7 nitrogen and oxygen atoms in total. The summed E-state index contributed by atoms with van der Waals surface area (Å²) >= 11 is 1.27. The molecule has 1 aliphatic heterocycles. The van der Waals surface area contributed by atoms with Gasteiger partial charge in [-0.3, -0.25) is 9.11 Å². The molecule has 0 aliphatic carbocycles. The van der Waals surface area contributed by atoms with Gasteiger partial charge in [0.25, 0.3) is 0 Å². The second-order valence-electron chi connectivity index (χ2n) is 7.81. The quantitative estimate of drug-likeness (QED) is 0.209. The fourth-order valence-electron chi connectivity index (χ4n) is 3.74. The molecule has 0 bridgehead atoms. The SMILES string of the molecule is CCCCC1CN(c2ccc(F)cc2)c2cc(SC)c(O/C=C(\F)C(=O)O)cc2S(O)(O)N1C. The number of thioether (sulfide) groups is 1. The van der Waals surface area contributed by atoms with Gasteiger partial charge in [-0.05, 0) is 43.0 Å². The summed E-state index contributed by atoms with van der Waals surface area (Å²) in [5.41, 5.74) is 1.17. The molecule has 2 aromatic carbocycles. The van der Waals surface area contributed by atoms with Crippen molar-refractivity contribution in [2.45, 2.75) is 42.0 Å². The van der Waals surface area contributed by atoms with Gasteiger partial charge in [0.1, 0.15) is 22.7 Å². The molecule has 0 saturated carbocycles. The lowest BCUT2D eigenvalue weighted by atomic mass is 10.1. The van der Waals surface area contributed by atoms with Gasteiger partial charge in [0.15, 0.2) is 0 Å². The van der Waals surface area contributed by atoms with Crippen molar-refractivity contribution in [1.29, 1.82) is 0 Å². The molecule has 1 aliphatic rings. The number of halogens is 2. The summed E-state index contributed by atoms with van der Waals surface area (Å²) in [6.45, 7) is 2.48. The van der Waals surface area contributed by atoms with E-state index < -0.39 is 22.6 Å². The molecule has 11 heteroatoms. The van der Waals surface area contributed by atoms with Crippen molar-refractivity contribution in [2.24, 2.45) is 0 Å². The van der Waals surface area contributed by atoms with Gasteiger partial charge in [-0.15, -0.1) is 22.5 Å². The molecule has 3 N–H and O–H groups in total. The highest BCUT2D eigenvalue weighted by atomic mass is 32.3. The van der Waals surface area contributed by atoms with Crippen LogP contribution in [0.25, 0.3) is 0 Å². The van der Waals surface area contributed by atoms with Crippen LogP contribution in [0, 0.1) is 5.82 Å². The number of benzene rings is 2. The van der Waals surface area contributed by atoms with E-state index in [2.05, 4.69) is 6.92 Å². The fourth-order valence-corrected chi connectivity index (χ4v) is 5.89. The smallest absolute Gasteiger partial charge is 0.368 e. The van der Waals surface area contributed by atoms with Crippen LogP contribution in [-0.2, 0) is 4.79 Å². The summed E-state index contributed by atoms with van der Waals surface area (Å²) in [6.07, 6.45) is 4.75. The Bertz CT molecular complexity index is 1070. The molecule has 1 unspecified atom stereocenters. The minimum absolute atomic E-state index is 0.0853.